The molecule has 2 heterocycles. The number of rotatable bonds is 26. The predicted octanol–water partition coefficient (Wildman–Crippen LogP) is 9.91. The Labute approximate surface area is 474 Å². The summed E-state index contributed by atoms with van der Waals surface area (Å²) >= 11 is 0. The minimum absolute atomic E-state index is 0.0549. The van der Waals surface area contributed by atoms with E-state index in [1.54, 1.807) is 140 Å². The molecule has 2 fully saturated rings. The van der Waals surface area contributed by atoms with E-state index < -0.39 is 116 Å². The van der Waals surface area contributed by atoms with Crippen molar-refractivity contribution in [2.45, 2.75) is 107 Å². The van der Waals surface area contributed by atoms with Gasteiger partial charge in [0.05, 0.1) is 33.4 Å². The molecule has 0 amide bonds. The van der Waals surface area contributed by atoms with E-state index in [9.17, 15) is 33.6 Å². The zero-order chi connectivity index (χ0) is 57.6. The van der Waals surface area contributed by atoms with Crippen LogP contribution in [-0.2, 0) is 52.2 Å². The maximum Gasteiger partial charge on any atom is 0.338 e. The third-order valence-electron chi connectivity index (χ3n) is 13.7. The van der Waals surface area contributed by atoms with E-state index in [1.165, 1.54) is 48.5 Å². The van der Waals surface area contributed by atoms with Crippen LogP contribution in [0.25, 0.3) is 0 Å². The van der Waals surface area contributed by atoms with Gasteiger partial charge in [-0.15, -0.1) is 0 Å². The highest BCUT2D eigenvalue weighted by Gasteiger charge is 2.57. The molecule has 8 rings (SSSR count). The van der Waals surface area contributed by atoms with Crippen LogP contribution < -0.4 is 0 Å². The number of carbonyl (C=O) groups is 7. The van der Waals surface area contributed by atoms with Gasteiger partial charge in [-0.05, 0) is 85.6 Å². The van der Waals surface area contributed by atoms with E-state index in [2.05, 4.69) is 0 Å². The zero-order valence-corrected chi connectivity index (χ0v) is 45.1. The fourth-order valence-electron chi connectivity index (χ4n) is 9.36. The first-order chi connectivity index (χ1) is 39.9. The van der Waals surface area contributed by atoms with Crippen LogP contribution in [0.2, 0.25) is 0 Å². The molecule has 10 atom stereocenters. The summed E-state index contributed by atoms with van der Waals surface area (Å²) in [5, 5.41) is 9.03. The van der Waals surface area contributed by atoms with Crippen LogP contribution >= 0.6 is 0 Å². The van der Waals surface area contributed by atoms with E-state index in [0.717, 1.165) is 25.7 Å². The van der Waals surface area contributed by atoms with Gasteiger partial charge in [0.2, 0.25) is 0 Å². The van der Waals surface area contributed by atoms with Crippen molar-refractivity contribution < 1.29 is 86.0 Å². The summed E-state index contributed by atoms with van der Waals surface area (Å²) in [4.78, 5) is 96.0. The van der Waals surface area contributed by atoms with Crippen molar-refractivity contribution in [1.82, 2.24) is 0 Å². The molecule has 18 nitrogen and oxygen atoms in total. The molecule has 0 saturated carbocycles. The molecule has 2 aliphatic heterocycles. The molecule has 6 aromatic carbocycles. The van der Waals surface area contributed by atoms with Gasteiger partial charge in [0, 0.05) is 18.9 Å². The van der Waals surface area contributed by atoms with Gasteiger partial charge in [0.15, 0.2) is 30.9 Å². The van der Waals surface area contributed by atoms with Crippen LogP contribution in [0.3, 0.4) is 0 Å². The number of carboxylic acids is 1. The van der Waals surface area contributed by atoms with Crippen LogP contribution in [0.5, 0.6) is 0 Å². The largest absolute Gasteiger partial charge is 0.481 e. The lowest BCUT2D eigenvalue weighted by Crippen LogP contribution is -2.66. The lowest BCUT2D eigenvalue weighted by Gasteiger charge is -2.48. The fraction of sp³-hybridized carbons (Fsp3) is 0.328. The van der Waals surface area contributed by atoms with E-state index in [-0.39, 0.29) is 46.4 Å². The average Bonchev–Trinajstić information content (AvgIpc) is 3.51. The number of hydrogen-bond donors (Lipinski definition) is 1. The average molecular weight is 1120 g/mol. The third-order valence-corrected chi connectivity index (χ3v) is 13.7. The Morgan fingerprint density at radius 2 is 0.707 bits per heavy atom. The molecular formula is C64H64O18. The summed E-state index contributed by atoms with van der Waals surface area (Å²) in [7, 11) is 0. The van der Waals surface area contributed by atoms with Gasteiger partial charge in [-0.2, -0.15) is 0 Å². The Balaban J connectivity index is 1.20. The lowest BCUT2D eigenvalue weighted by atomic mass is 9.91. The molecule has 1 N–H and O–H groups in total. The quantitative estimate of drug-likeness (QED) is 0.0302. The SMILES string of the molecule is CC1C(OCCCCCCCCC(=O)O)OC(COC(=O)c2ccccc2)C(OC2OC(COC(=O)c3ccccc3)C(OC(=O)c3ccccc3)C(OC(=O)c3ccccc3)C2OC(=O)c2ccccc2)C1OC(=O)c1ccccc1. The highest BCUT2D eigenvalue weighted by Crippen LogP contribution is 2.38. The molecule has 0 bridgehead atoms. The number of ether oxygens (including phenoxy) is 10. The van der Waals surface area contributed by atoms with E-state index in [1.807, 2.05) is 0 Å². The number of benzene rings is 6. The normalized spacial score (nSPS) is 22.1. The monoisotopic (exact) mass is 1120 g/mol. The summed E-state index contributed by atoms with van der Waals surface area (Å²) in [6, 6.07) is 48.1. The van der Waals surface area contributed by atoms with Gasteiger partial charge in [0.25, 0.3) is 0 Å². The van der Waals surface area contributed by atoms with Gasteiger partial charge in [-0.3, -0.25) is 4.79 Å². The van der Waals surface area contributed by atoms with Crippen molar-refractivity contribution in [1.29, 1.82) is 0 Å². The summed E-state index contributed by atoms with van der Waals surface area (Å²) < 4.78 is 64.0. The Kier molecular flexibility index (Phi) is 22.0. The van der Waals surface area contributed by atoms with E-state index in [0.29, 0.717) is 12.8 Å². The number of hydrogen-bond acceptors (Lipinski definition) is 17. The van der Waals surface area contributed by atoms with Crippen molar-refractivity contribution in [3.05, 3.63) is 215 Å². The Morgan fingerprint density at radius 1 is 0.378 bits per heavy atom. The first-order valence-electron chi connectivity index (χ1n) is 27.2. The van der Waals surface area contributed by atoms with Crippen molar-refractivity contribution in [3.8, 4) is 0 Å². The molecule has 18 heteroatoms. The van der Waals surface area contributed by atoms with Gasteiger partial charge in [-0.1, -0.05) is 142 Å². The fourth-order valence-corrected chi connectivity index (χ4v) is 9.36. The molecule has 10 unspecified atom stereocenters. The maximum atomic E-state index is 14.5. The minimum atomic E-state index is -1.90. The first kappa shape index (κ1) is 59.6. The number of carbonyl (C=O) groups excluding carboxylic acids is 6. The van der Waals surface area contributed by atoms with Gasteiger partial charge in [-0.25, -0.2) is 28.8 Å². The lowest BCUT2D eigenvalue weighted by molar-refractivity contribution is -0.350. The Bertz CT molecular complexity index is 3000. The summed E-state index contributed by atoms with van der Waals surface area (Å²) in [6.07, 6.45) is -9.74. The summed E-state index contributed by atoms with van der Waals surface area (Å²) in [5.41, 5.74) is 0.749. The second-order valence-electron chi connectivity index (χ2n) is 19.6. The van der Waals surface area contributed by atoms with Crippen molar-refractivity contribution in [2.24, 2.45) is 5.92 Å². The van der Waals surface area contributed by atoms with Crippen LogP contribution in [0.15, 0.2) is 182 Å². The van der Waals surface area contributed by atoms with Gasteiger partial charge < -0.3 is 52.5 Å². The van der Waals surface area contributed by atoms with Crippen LogP contribution in [0.1, 0.15) is 114 Å². The molecule has 2 aliphatic rings. The molecule has 0 aliphatic carbocycles. The predicted molar refractivity (Wildman–Crippen MR) is 293 cm³/mol. The molecule has 2 saturated heterocycles. The molecule has 0 aromatic heterocycles. The summed E-state index contributed by atoms with van der Waals surface area (Å²) in [6.45, 7) is 0.696. The maximum absolute atomic E-state index is 14.5. The van der Waals surface area contributed by atoms with Gasteiger partial charge >= 0.3 is 41.8 Å². The second-order valence-corrected chi connectivity index (χ2v) is 19.6. The van der Waals surface area contributed by atoms with E-state index >= 15 is 0 Å². The standard InChI is InChI=1S/C64H64O18/c1-42-52(78-59(69)45-30-16-8-17-31-45)53(49(40-74-57(67)43-26-12-6-13-27-43)76-63(42)73-39-25-5-3-2-4-24-38-51(65)66)82-64-56(81-62(72)48-36-22-11-23-37-48)55(80-61(71)47-34-20-10-21-35-47)54(79-60(70)46-32-18-9-19-33-46)50(77-64)41-75-58(68)44-28-14-7-15-29-44/h6-23,26-37,42,49-50,52-56,63-64H,2-5,24-25,38-41H2,1H3,(H,65,66). The highest BCUT2D eigenvalue weighted by atomic mass is 16.8. The molecular weight excluding hydrogens is 1060 g/mol. The first-order valence-corrected chi connectivity index (χ1v) is 27.2. The molecule has 6 aromatic rings. The molecule has 428 valence electrons. The van der Waals surface area contributed by atoms with Crippen LogP contribution in [0.4, 0.5) is 0 Å². The van der Waals surface area contributed by atoms with Crippen LogP contribution in [0, 0.1) is 5.92 Å². The minimum Gasteiger partial charge on any atom is -0.481 e. The van der Waals surface area contributed by atoms with E-state index in [4.69, 9.17) is 52.5 Å². The topological polar surface area (TPSA) is 232 Å². The number of unbranched alkanes of at least 4 members (excludes halogenated alkanes) is 5. The second kappa shape index (κ2) is 30.3. The zero-order valence-electron chi connectivity index (χ0n) is 45.1. The smallest absolute Gasteiger partial charge is 0.338 e. The van der Waals surface area contributed by atoms with Gasteiger partial charge in [0.1, 0.15) is 37.6 Å². The van der Waals surface area contributed by atoms with Crippen LogP contribution in [-0.4, -0.2) is 122 Å². The molecule has 82 heavy (non-hydrogen) atoms. The number of esters is 6. The summed E-state index contributed by atoms with van der Waals surface area (Å²) in [5.74, 6) is -6.82. The molecule has 0 radical (unpaired) electrons. The number of carboxylic acid groups (broad SMARTS) is 1. The van der Waals surface area contributed by atoms with Crippen molar-refractivity contribution in [2.75, 3.05) is 19.8 Å². The van der Waals surface area contributed by atoms with Crippen molar-refractivity contribution in [3.63, 3.8) is 0 Å². The number of aliphatic carboxylic acids is 1. The Morgan fingerprint density at radius 3 is 1.12 bits per heavy atom. The Hall–Kier alpha value is -8.55. The van der Waals surface area contributed by atoms with Crippen molar-refractivity contribution >= 4 is 41.8 Å². The molecule has 0 spiro atoms. The third kappa shape index (κ3) is 16.8. The highest BCUT2D eigenvalue weighted by molar-refractivity contribution is 5.92.